The fourth-order valence-electron chi connectivity index (χ4n) is 3.34. The summed E-state index contributed by atoms with van der Waals surface area (Å²) in [5, 5.41) is 8.95. The summed E-state index contributed by atoms with van der Waals surface area (Å²) in [6.45, 7) is 4.76. The Labute approximate surface area is 142 Å². The van der Waals surface area contributed by atoms with E-state index in [0.717, 1.165) is 57.5 Å². The van der Waals surface area contributed by atoms with Crippen molar-refractivity contribution in [1.82, 2.24) is 9.80 Å². The highest BCUT2D eigenvalue weighted by Crippen LogP contribution is 2.17. The number of nitrogens with zero attached hydrogens (tertiary/aromatic N) is 2. The second kappa shape index (κ2) is 7.77. The Hall–Kier alpha value is -1.92. The monoisotopic (exact) mass is 332 g/mol. The molecule has 0 aliphatic carbocycles. The van der Waals surface area contributed by atoms with Crippen LogP contribution in [0.4, 0.5) is 0 Å². The molecule has 2 aliphatic heterocycles. The number of benzene rings is 1. The lowest BCUT2D eigenvalue weighted by atomic mass is 10.1. The molecule has 2 aliphatic rings. The third kappa shape index (κ3) is 4.13. The molecular weight excluding hydrogens is 308 g/mol. The van der Waals surface area contributed by atoms with Crippen molar-refractivity contribution in [1.29, 1.82) is 0 Å². The van der Waals surface area contributed by atoms with Crippen LogP contribution in [-0.2, 0) is 16.1 Å². The van der Waals surface area contributed by atoms with Crippen molar-refractivity contribution in [2.45, 2.75) is 31.9 Å². The van der Waals surface area contributed by atoms with Gasteiger partial charge in [-0.3, -0.25) is 9.69 Å². The second-order valence-electron chi connectivity index (χ2n) is 6.46. The molecule has 0 radical (unpaired) electrons. The van der Waals surface area contributed by atoms with Gasteiger partial charge in [-0.2, -0.15) is 0 Å². The number of carboxylic acids is 1. The minimum absolute atomic E-state index is 0.139. The van der Waals surface area contributed by atoms with Crippen molar-refractivity contribution in [3.05, 3.63) is 35.4 Å². The Morgan fingerprint density at radius 3 is 2.54 bits per heavy atom. The van der Waals surface area contributed by atoms with E-state index in [2.05, 4.69) is 4.90 Å². The highest BCUT2D eigenvalue weighted by molar-refractivity contribution is 5.87. The van der Waals surface area contributed by atoms with Gasteiger partial charge in [0.1, 0.15) is 6.10 Å². The van der Waals surface area contributed by atoms with Crippen LogP contribution in [0.5, 0.6) is 0 Å². The fourth-order valence-corrected chi connectivity index (χ4v) is 3.34. The normalized spacial score (nSPS) is 22.3. The number of rotatable bonds is 4. The molecule has 0 bridgehead atoms. The van der Waals surface area contributed by atoms with Crippen LogP contribution in [0, 0.1) is 0 Å². The first-order chi connectivity index (χ1) is 11.6. The lowest BCUT2D eigenvalue weighted by Crippen LogP contribution is -2.41. The predicted octanol–water partition coefficient (Wildman–Crippen LogP) is 1.60. The van der Waals surface area contributed by atoms with E-state index in [1.54, 1.807) is 12.1 Å². The third-order valence-corrected chi connectivity index (χ3v) is 4.71. The molecule has 6 heteroatoms. The number of amides is 1. The number of aromatic carboxylic acids is 1. The largest absolute Gasteiger partial charge is 0.478 e. The molecule has 1 aromatic carbocycles. The maximum atomic E-state index is 12.4. The average molecular weight is 332 g/mol. The predicted molar refractivity (Wildman–Crippen MR) is 88.8 cm³/mol. The molecule has 1 amide bonds. The maximum absolute atomic E-state index is 12.4. The van der Waals surface area contributed by atoms with Gasteiger partial charge >= 0.3 is 5.97 Å². The number of carboxylic acid groups (broad SMARTS) is 1. The van der Waals surface area contributed by atoms with Crippen molar-refractivity contribution >= 4 is 11.9 Å². The summed E-state index contributed by atoms with van der Waals surface area (Å²) in [5.41, 5.74) is 1.40. The van der Waals surface area contributed by atoms with Gasteiger partial charge < -0.3 is 14.7 Å². The van der Waals surface area contributed by atoms with Crippen LogP contribution in [-0.4, -0.2) is 65.7 Å². The van der Waals surface area contributed by atoms with Gasteiger partial charge in [0.25, 0.3) is 5.91 Å². The summed E-state index contributed by atoms with van der Waals surface area (Å²) < 4.78 is 5.51. The van der Waals surface area contributed by atoms with Gasteiger partial charge in [0, 0.05) is 39.3 Å². The molecule has 2 fully saturated rings. The van der Waals surface area contributed by atoms with Crippen molar-refractivity contribution in [3.8, 4) is 0 Å². The zero-order chi connectivity index (χ0) is 16.9. The first-order valence-corrected chi connectivity index (χ1v) is 8.58. The van der Waals surface area contributed by atoms with Gasteiger partial charge in [-0.15, -0.1) is 0 Å². The van der Waals surface area contributed by atoms with Crippen LogP contribution in [0.1, 0.15) is 35.2 Å². The molecule has 6 nitrogen and oxygen atoms in total. The van der Waals surface area contributed by atoms with Crippen LogP contribution in [0.25, 0.3) is 0 Å². The van der Waals surface area contributed by atoms with Gasteiger partial charge in [-0.05, 0) is 37.0 Å². The summed E-state index contributed by atoms with van der Waals surface area (Å²) in [7, 11) is 0. The van der Waals surface area contributed by atoms with Crippen LogP contribution in [0.15, 0.2) is 24.3 Å². The summed E-state index contributed by atoms with van der Waals surface area (Å²) in [4.78, 5) is 27.6. The molecule has 2 heterocycles. The Balaban J connectivity index is 1.53. The number of carbonyl (C=O) groups excluding carboxylic acids is 1. The molecule has 1 aromatic rings. The summed E-state index contributed by atoms with van der Waals surface area (Å²) >= 11 is 0. The molecule has 24 heavy (non-hydrogen) atoms. The quantitative estimate of drug-likeness (QED) is 0.907. The molecule has 3 rings (SSSR count). The van der Waals surface area contributed by atoms with Crippen LogP contribution < -0.4 is 0 Å². The third-order valence-electron chi connectivity index (χ3n) is 4.71. The van der Waals surface area contributed by atoms with Crippen LogP contribution >= 0.6 is 0 Å². The Bertz CT molecular complexity index is 581. The Morgan fingerprint density at radius 1 is 1.08 bits per heavy atom. The van der Waals surface area contributed by atoms with Crippen molar-refractivity contribution in [2.24, 2.45) is 0 Å². The number of ether oxygens (including phenoxy) is 1. The molecule has 130 valence electrons. The van der Waals surface area contributed by atoms with E-state index in [9.17, 15) is 9.59 Å². The van der Waals surface area contributed by atoms with Gasteiger partial charge in [0.05, 0.1) is 5.56 Å². The van der Waals surface area contributed by atoms with Crippen molar-refractivity contribution < 1.29 is 19.4 Å². The highest BCUT2D eigenvalue weighted by atomic mass is 16.5. The standard InChI is InChI=1S/C18H24N2O4/c21-17(16-3-1-12-24-16)20-9-2-8-19(10-11-20)13-14-4-6-15(7-5-14)18(22)23/h4-7,16H,1-3,8-13H2,(H,22,23)/t16-/m1/s1. The molecule has 2 saturated heterocycles. The summed E-state index contributed by atoms with van der Waals surface area (Å²) in [6.07, 6.45) is 2.53. The molecule has 1 N–H and O–H groups in total. The molecule has 0 aromatic heterocycles. The first kappa shape index (κ1) is 16.9. The molecular formula is C18H24N2O4. The molecule has 1 atom stereocenters. The number of hydrogen-bond donors (Lipinski definition) is 1. The summed E-state index contributed by atoms with van der Waals surface area (Å²) in [5.74, 6) is -0.764. The number of hydrogen-bond acceptors (Lipinski definition) is 4. The van der Waals surface area contributed by atoms with Crippen molar-refractivity contribution in [3.63, 3.8) is 0 Å². The van der Waals surface area contributed by atoms with E-state index in [1.807, 2.05) is 17.0 Å². The van der Waals surface area contributed by atoms with Gasteiger partial charge in [0.15, 0.2) is 0 Å². The minimum Gasteiger partial charge on any atom is -0.478 e. The maximum Gasteiger partial charge on any atom is 0.335 e. The van der Waals surface area contributed by atoms with Crippen LogP contribution in [0.2, 0.25) is 0 Å². The molecule has 0 spiro atoms. The van der Waals surface area contributed by atoms with E-state index < -0.39 is 5.97 Å². The number of carbonyl (C=O) groups is 2. The van der Waals surface area contributed by atoms with Gasteiger partial charge in [0.2, 0.25) is 0 Å². The molecule has 0 saturated carbocycles. The smallest absolute Gasteiger partial charge is 0.335 e. The average Bonchev–Trinajstić information content (AvgIpc) is 3.02. The van der Waals surface area contributed by atoms with Gasteiger partial charge in [-0.1, -0.05) is 12.1 Å². The second-order valence-corrected chi connectivity index (χ2v) is 6.46. The Morgan fingerprint density at radius 2 is 1.88 bits per heavy atom. The highest BCUT2D eigenvalue weighted by Gasteiger charge is 2.29. The lowest BCUT2D eigenvalue weighted by molar-refractivity contribution is -0.140. The SMILES string of the molecule is O=C(O)c1ccc(CN2CCCN(C(=O)[C@H]3CCCO3)CC2)cc1. The van der Waals surface area contributed by atoms with Crippen LogP contribution in [0.3, 0.4) is 0 Å². The fraction of sp³-hybridized carbons (Fsp3) is 0.556. The van der Waals surface area contributed by atoms with Crippen molar-refractivity contribution in [2.75, 3.05) is 32.8 Å². The van der Waals surface area contributed by atoms with Gasteiger partial charge in [-0.25, -0.2) is 4.79 Å². The zero-order valence-corrected chi connectivity index (χ0v) is 13.8. The Kier molecular flexibility index (Phi) is 5.48. The van der Waals surface area contributed by atoms with E-state index in [-0.39, 0.29) is 12.0 Å². The topological polar surface area (TPSA) is 70.1 Å². The zero-order valence-electron chi connectivity index (χ0n) is 13.8. The first-order valence-electron chi connectivity index (χ1n) is 8.58. The van der Waals surface area contributed by atoms with E-state index in [1.165, 1.54) is 0 Å². The summed E-state index contributed by atoms with van der Waals surface area (Å²) in [6, 6.07) is 7.01. The lowest BCUT2D eigenvalue weighted by Gasteiger charge is -2.24. The van der Waals surface area contributed by atoms with E-state index in [4.69, 9.17) is 9.84 Å². The van der Waals surface area contributed by atoms with E-state index >= 15 is 0 Å². The van der Waals surface area contributed by atoms with E-state index in [0.29, 0.717) is 12.2 Å². The minimum atomic E-state index is -0.903. The molecule has 0 unspecified atom stereocenters.